The van der Waals surface area contributed by atoms with Crippen molar-refractivity contribution in [3.63, 3.8) is 0 Å². The molecule has 0 unspecified atom stereocenters. The molecule has 2 heteroatoms. The minimum atomic E-state index is 0.849. The van der Waals surface area contributed by atoms with Crippen molar-refractivity contribution in [2.75, 3.05) is 19.0 Å². The van der Waals surface area contributed by atoms with E-state index < -0.39 is 0 Å². The fourth-order valence-electron chi connectivity index (χ4n) is 2.59. The molecular formula is C19H24N2. The van der Waals surface area contributed by atoms with Crippen molar-refractivity contribution in [1.82, 2.24) is 5.32 Å². The van der Waals surface area contributed by atoms with Gasteiger partial charge in [-0.15, -0.1) is 0 Å². The summed E-state index contributed by atoms with van der Waals surface area (Å²) < 4.78 is 0. The molecule has 0 spiro atoms. The Kier molecular flexibility index (Phi) is 4.26. The molecule has 2 aromatic rings. The zero-order valence-electron chi connectivity index (χ0n) is 13.0. The van der Waals surface area contributed by atoms with Crippen molar-refractivity contribution in [1.29, 1.82) is 0 Å². The quantitative estimate of drug-likeness (QED) is 0.862. The molecule has 1 aliphatic rings. The SMILES string of the molecule is CN(C)c1ccc(CNCc2ccc(C3CC3)cc2)cc1. The van der Waals surface area contributed by atoms with Gasteiger partial charge in [-0.25, -0.2) is 0 Å². The van der Waals surface area contributed by atoms with E-state index in [-0.39, 0.29) is 0 Å². The summed E-state index contributed by atoms with van der Waals surface area (Å²) in [7, 11) is 4.14. The molecule has 2 nitrogen and oxygen atoms in total. The Morgan fingerprint density at radius 1 is 0.857 bits per heavy atom. The van der Waals surface area contributed by atoms with Gasteiger partial charge in [-0.1, -0.05) is 36.4 Å². The van der Waals surface area contributed by atoms with Gasteiger partial charge in [0.05, 0.1) is 0 Å². The number of nitrogens with zero attached hydrogens (tertiary/aromatic N) is 1. The summed E-state index contributed by atoms with van der Waals surface area (Å²) in [5.74, 6) is 0.849. The molecule has 21 heavy (non-hydrogen) atoms. The van der Waals surface area contributed by atoms with Crippen molar-refractivity contribution >= 4 is 5.69 Å². The summed E-state index contributed by atoms with van der Waals surface area (Å²) >= 11 is 0. The maximum absolute atomic E-state index is 3.52. The summed E-state index contributed by atoms with van der Waals surface area (Å²) in [6.07, 6.45) is 2.75. The molecule has 3 rings (SSSR count). The molecule has 0 atom stereocenters. The first-order chi connectivity index (χ1) is 10.2. The van der Waals surface area contributed by atoms with Crippen LogP contribution in [0, 0.1) is 0 Å². The Bertz CT molecular complexity index is 520. The Labute approximate surface area is 127 Å². The lowest BCUT2D eigenvalue weighted by Gasteiger charge is -2.13. The third kappa shape index (κ3) is 3.85. The molecule has 0 amide bonds. The van der Waals surface area contributed by atoms with Crippen molar-refractivity contribution in [3.05, 3.63) is 65.2 Å². The van der Waals surface area contributed by atoms with E-state index in [4.69, 9.17) is 0 Å². The topological polar surface area (TPSA) is 15.3 Å². The van der Waals surface area contributed by atoms with Crippen LogP contribution in [0.15, 0.2) is 48.5 Å². The summed E-state index contributed by atoms with van der Waals surface area (Å²) in [5, 5.41) is 3.52. The predicted molar refractivity (Wildman–Crippen MR) is 89.7 cm³/mol. The van der Waals surface area contributed by atoms with E-state index in [1.165, 1.54) is 35.2 Å². The van der Waals surface area contributed by atoms with Crippen LogP contribution in [0.3, 0.4) is 0 Å². The summed E-state index contributed by atoms with van der Waals surface area (Å²) in [4.78, 5) is 2.12. The highest BCUT2D eigenvalue weighted by molar-refractivity contribution is 5.45. The van der Waals surface area contributed by atoms with Crippen molar-refractivity contribution in [2.45, 2.75) is 31.8 Å². The molecule has 1 aliphatic carbocycles. The van der Waals surface area contributed by atoms with Gasteiger partial charge in [0, 0.05) is 32.9 Å². The molecule has 0 radical (unpaired) electrons. The van der Waals surface area contributed by atoms with E-state index >= 15 is 0 Å². The van der Waals surface area contributed by atoms with Crippen LogP contribution in [0.1, 0.15) is 35.4 Å². The molecule has 0 aromatic heterocycles. The maximum Gasteiger partial charge on any atom is 0.0361 e. The molecule has 0 bridgehead atoms. The van der Waals surface area contributed by atoms with E-state index in [2.05, 4.69) is 72.8 Å². The van der Waals surface area contributed by atoms with Crippen LogP contribution in [0.25, 0.3) is 0 Å². The largest absolute Gasteiger partial charge is 0.378 e. The van der Waals surface area contributed by atoms with Crippen LogP contribution >= 0.6 is 0 Å². The van der Waals surface area contributed by atoms with Crippen LogP contribution in [0.2, 0.25) is 0 Å². The highest BCUT2D eigenvalue weighted by atomic mass is 15.1. The fraction of sp³-hybridized carbons (Fsp3) is 0.368. The highest BCUT2D eigenvalue weighted by Crippen LogP contribution is 2.39. The lowest BCUT2D eigenvalue weighted by molar-refractivity contribution is 0.693. The second-order valence-electron chi connectivity index (χ2n) is 6.18. The number of anilines is 1. The molecular weight excluding hydrogens is 256 g/mol. The smallest absolute Gasteiger partial charge is 0.0361 e. The minimum absolute atomic E-state index is 0.849. The van der Waals surface area contributed by atoms with Gasteiger partial charge in [0.2, 0.25) is 0 Å². The van der Waals surface area contributed by atoms with E-state index in [1.807, 2.05) is 0 Å². The highest BCUT2D eigenvalue weighted by Gasteiger charge is 2.22. The normalized spacial score (nSPS) is 14.2. The van der Waals surface area contributed by atoms with Crippen LogP contribution in [0.4, 0.5) is 5.69 Å². The average molecular weight is 280 g/mol. The zero-order chi connectivity index (χ0) is 14.7. The number of hydrogen-bond acceptors (Lipinski definition) is 2. The molecule has 1 N–H and O–H groups in total. The second-order valence-corrected chi connectivity index (χ2v) is 6.18. The van der Waals surface area contributed by atoms with Gasteiger partial charge in [0.15, 0.2) is 0 Å². The molecule has 1 saturated carbocycles. The Morgan fingerprint density at radius 2 is 1.38 bits per heavy atom. The first-order valence-corrected chi connectivity index (χ1v) is 7.78. The predicted octanol–water partition coefficient (Wildman–Crippen LogP) is 3.92. The third-order valence-corrected chi connectivity index (χ3v) is 4.14. The van der Waals surface area contributed by atoms with E-state index in [1.54, 1.807) is 0 Å². The fourth-order valence-corrected chi connectivity index (χ4v) is 2.59. The first-order valence-electron chi connectivity index (χ1n) is 7.78. The average Bonchev–Trinajstić information content (AvgIpc) is 3.33. The monoisotopic (exact) mass is 280 g/mol. The molecule has 110 valence electrons. The number of benzene rings is 2. The molecule has 0 aliphatic heterocycles. The Morgan fingerprint density at radius 3 is 1.86 bits per heavy atom. The number of nitrogens with one attached hydrogen (secondary N) is 1. The first kappa shape index (κ1) is 14.2. The second kappa shape index (κ2) is 6.31. The third-order valence-electron chi connectivity index (χ3n) is 4.14. The summed E-state index contributed by atoms with van der Waals surface area (Å²) in [6.45, 7) is 1.85. The lowest BCUT2D eigenvalue weighted by atomic mass is 10.1. The Balaban J connectivity index is 1.48. The molecule has 0 heterocycles. The van der Waals surface area contributed by atoms with Gasteiger partial charge >= 0.3 is 0 Å². The zero-order valence-corrected chi connectivity index (χ0v) is 13.0. The van der Waals surface area contributed by atoms with Crippen LogP contribution in [-0.2, 0) is 13.1 Å². The van der Waals surface area contributed by atoms with E-state index in [0.717, 1.165) is 19.0 Å². The summed E-state index contributed by atoms with van der Waals surface area (Å²) in [5.41, 5.74) is 5.45. The van der Waals surface area contributed by atoms with Gasteiger partial charge in [0.25, 0.3) is 0 Å². The minimum Gasteiger partial charge on any atom is -0.378 e. The van der Waals surface area contributed by atoms with E-state index in [0.29, 0.717) is 0 Å². The van der Waals surface area contributed by atoms with Crippen LogP contribution in [0.5, 0.6) is 0 Å². The van der Waals surface area contributed by atoms with Gasteiger partial charge in [-0.05, 0) is 47.6 Å². The van der Waals surface area contributed by atoms with Gasteiger partial charge in [0.1, 0.15) is 0 Å². The van der Waals surface area contributed by atoms with Crippen LogP contribution in [-0.4, -0.2) is 14.1 Å². The van der Waals surface area contributed by atoms with Gasteiger partial charge < -0.3 is 10.2 Å². The van der Waals surface area contributed by atoms with Crippen molar-refractivity contribution < 1.29 is 0 Å². The molecule has 0 saturated heterocycles. The number of hydrogen-bond donors (Lipinski definition) is 1. The van der Waals surface area contributed by atoms with Crippen molar-refractivity contribution in [2.24, 2.45) is 0 Å². The van der Waals surface area contributed by atoms with Gasteiger partial charge in [-0.2, -0.15) is 0 Å². The van der Waals surface area contributed by atoms with Gasteiger partial charge in [-0.3, -0.25) is 0 Å². The maximum atomic E-state index is 3.52. The summed E-state index contributed by atoms with van der Waals surface area (Å²) in [6, 6.07) is 17.8. The number of rotatable bonds is 6. The standard InChI is InChI=1S/C19H24N2/c1-21(2)19-11-5-16(6-12-19)14-20-13-15-3-7-17(8-4-15)18-9-10-18/h3-8,11-12,18,20H,9-10,13-14H2,1-2H3. The van der Waals surface area contributed by atoms with E-state index in [9.17, 15) is 0 Å². The molecule has 1 fully saturated rings. The molecule has 2 aromatic carbocycles. The Hall–Kier alpha value is -1.80. The lowest BCUT2D eigenvalue weighted by Crippen LogP contribution is -2.13. The van der Waals surface area contributed by atoms with Crippen molar-refractivity contribution in [3.8, 4) is 0 Å². The van der Waals surface area contributed by atoms with Crippen LogP contribution < -0.4 is 10.2 Å².